The van der Waals surface area contributed by atoms with Crippen molar-refractivity contribution in [2.45, 2.75) is 35.9 Å². The van der Waals surface area contributed by atoms with Gasteiger partial charge in [-0.2, -0.15) is 0 Å². The molecule has 1 heterocycles. The van der Waals surface area contributed by atoms with E-state index in [0.717, 1.165) is 28.9 Å². The Morgan fingerprint density at radius 1 is 1.28 bits per heavy atom. The SMILES string of the molecule is Cc1cccc(C(=O)N2CCC([As](C)C)CC2)c1. The zero-order valence-electron chi connectivity index (χ0n) is 11.5. The fourth-order valence-electron chi connectivity index (χ4n) is 2.55. The molecular formula is C15H22AsNO. The molecule has 1 aromatic carbocycles. The number of hydrogen-bond donors (Lipinski definition) is 0. The molecule has 2 nitrogen and oxygen atoms in total. The van der Waals surface area contributed by atoms with Crippen molar-refractivity contribution in [3.8, 4) is 0 Å². The Balaban J connectivity index is 1.99. The standard InChI is InChI=1S/C15H22AsNO/c1-12-5-4-6-13(11-12)15(18)17-9-7-14(8-10-17)16(2)3/h4-6,11,14H,7-10H2,1-3H3. The number of aryl methyl sites for hydroxylation is 1. The number of likely N-dealkylation sites (tertiary alicyclic amines) is 1. The van der Waals surface area contributed by atoms with Gasteiger partial charge >= 0.3 is 115 Å². The van der Waals surface area contributed by atoms with Gasteiger partial charge in [0.05, 0.1) is 0 Å². The first-order chi connectivity index (χ1) is 8.58. The third-order valence-corrected chi connectivity index (χ3v) is 7.89. The van der Waals surface area contributed by atoms with Crippen molar-refractivity contribution in [3.63, 3.8) is 0 Å². The minimum absolute atomic E-state index is 0.211. The van der Waals surface area contributed by atoms with E-state index in [1.807, 2.05) is 36.1 Å². The Morgan fingerprint density at radius 3 is 2.50 bits per heavy atom. The van der Waals surface area contributed by atoms with Gasteiger partial charge < -0.3 is 0 Å². The van der Waals surface area contributed by atoms with Crippen LogP contribution in [0.1, 0.15) is 28.8 Å². The van der Waals surface area contributed by atoms with E-state index >= 15 is 0 Å². The van der Waals surface area contributed by atoms with Gasteiger partial charge in [-0.3, -0.25) is 0 Å². The van der Waals surface area contributed by atoms with Crippen LogP contribution >= 0.6 is 0 Å². The second kappa shape index (κ2) is 5.93. The Kier molecular flexibility index (Phi) is 4.50. The Bertz CT molecular complexity index is 422. The molecule has 18 heavy (non-hydrogen) atoms. The summed E-state index contributed by atoms with van der Waals surface area (Å²) in [6.07, 6.45) is 2.43. The molecule has 1 fully saturated rings. The first-order valence-corrected chi connectivity index (χ1v) is 11.4. The average molecular weight is 307 g/mol. The van der Waals surface area contributed by atoms with Crippen molar-refractivity contribution < 1.29 is 4.79 Å². The summed E-state index contributed by atoms with van der Waals surface area (Å²) in [7, 11) is 0. The van der Waals surface area contributed by atoms with Crippen molar-refractivity contribution in [1.29, 1.82) is 0 Å². The monoisotopic (exact) mass is 307 g/mol. The van der Waals surface area contributed by atoms with Crippen molar-refractivity contribution >= 4 is 20.6 Å². The maximum atomic E-state index is 12.4. The molecule has 1 amide bonds. The van der Waals surface area contributed by atoms with Crippen molar-refractivity contribution in [2.75, 3.05) is 13.1 Å². The summed E-state index contributed by atoms with van der Waals surface area (Å²) in [6, 6.07) is 7.93. The number of amides is 1. The molecule has 1 saturated heterocycles. The molecule has 0 atom stereocenters. The summed E-state index contributed by atoms with van der Waals surface area (Å²) in [5.41, 5.74) is 6.85. The van der Waals surface area contributed by atoms with E-state index in [9.17, 15) is 4.79 Å². The molecule has 1 aliphatic rings. The molecule has 0 unspecified atom stereocenters. The second-order valence-electron chi connectivity index (χ2n) is 5.36. The van der Waals surface area contributed by atoms with Gasteiger partial charge in [0.25, 0.3) is 0 Å². The Hall–Kier alpha value is -0.752. The topological polar surface area (TPSA) is 20.3 Å². The van der Waals surface area contributed by atoms with E-state index in [4.69, 9.17) is 0 Å². The first-order valence-electron chi connectivity index (χ1n) is 6.60. The van der Waals surface area contributed by atoms with Gasteiger partial charge in [-0.1, -0.05) is 0 Å². The van der Waals surface area contributed by atoms with Crippen LogP contribution in [0.5, 0.6) is 0 Å². The molecule has 0 spiro atoms. The fraction of sp³-hybridized carbons (Fsp3) is 0.533. The molecule has 98 valence electrons. The zero-order valence-corrected chi connectivity index (χ0v) is 13.4. The van der Waals surface area contributed by atoms with Crippen LogP contribution in [0.4, 0.5) is 0 Å². The van der Waals surface area contributed by atoms with Gasteiger partial charge in [-0.25, -0.2) is 0 Å². The second-order valence-corrected chi connectivity index (χ2v) is 10.9. The molecular weight excluding hydrogens is 285 g/mol. The van der Waals surface area contributed by atoms with E-state index in [2.05, 4.69) is 11.4 Å². The molecule has 3 heteroatoms. The van der Waals surface area contributed by atoms with Crippen LogP contribution < -0.4 is 0 Å². The summed E-state index contributed by atoms with van der Waals surface area (Å²) >= 11 is -0.594. The number of nitrogens with zero attached hydrogens (tertiary/aromatic N) is 1. The Morgan fingerprint density at radius 2 is 1.94 bits per heavy atom. The predicted octanol–water partition coefficient (Wildman–Crippen LogP) is 3.36. The molecule has 0 bridgehead atoms. The molecule has 1 aromatic rings. The van der Waals surface area contributed by atoms with Crippen LogP contribution in [0, 0.1) is 6.92 Å². The predicted molar refractivity (Wildman–Crippen MR) is 77.5 cm³/mol. The van der Waals surface area contributed by atoms with Crippen molar-refractivity contribution in [2.24, 2.45) is 0 Å². The molecule has 0 saturated carbocycles. The van der Waals surface area contributed by atoms with E-state index in [1.165, 1.54) is 12.8 Å². The minimum atomic E-state index is -0.594. The maximum absolute atomic E-state index is 12.4. The number of carbonyl (C=O) groups is 1. The third-order valence-electron chi connectivity index (χ3n) is 3.75. The molecule has 0 N–H and O–H groups in total. The fourth-order valence-corrected chi connectivity index (χ4v) is 5.20. The van der Waals surface area contributed by atoms with Gasteiger partial charge in [-0.15, -0.1) is 0 Å². The van der Waals surface area contributed by atoms with Gasteiger partial charge in [0.2, 0.25) is 0 Å². The number of piperidine rings is 1. The van der Waals surface area contributed by atoms with E-state index in [-0.39, 0.29) is 5.91 Å². The van der Waals surface area contributed by atoms with Gasteiger partial charge in [0.1, 0.15) is 0 Å². The quantitative estimate of drug-likeness (QED) is 0.767. The van der Waals surface area contributed by atoms with Crippen LogP contribution in [-0.2, 0) is 0 Å². The number of rotatable bonds is 2. The summed E-state index contributed by atoms with van der Waals surface area (Å²) in [6.45, 7) is 3.93. The van der Waals surface area contributed by atoms with Gasteiger partial charge in [-0.05, 0) is 0 Å². The first kappa shape index (κ1) is 13.7. The van der Waals surface area contributed by atoms with E-state index in [1.54, 1.807) is 0 Å². The molecule has 0 aromatic heterocycles. The summed E-state index contributed by atoms with van der Waals surface area (Å²) in [5.74, 6) is 0.211. The van der Waals surface area contributed by atoms with Gasteiger partial charge in [0, 0.05) is 0 Å². The van der Waals surface area contributed by atoms with Gasteiger partial charge in [0.15, 0.2) is 0 Å². The number of benzene rings is 1. The van der Waals surface area contributed by atoms with E-state index in [0.29, 0.717) is 0 Å². The van der Waals surface area contributed by atoms with Crippen LogP contribution in [-0.4, -0.2) is 38.5 Å². The third kappa shape index (κ3) is 3.17. The van der Waals surface area contributed by atoms with Crippen molar-refractivity contribution in [3.05, 3.63) is 35.4 Å². The zero-order chi connectivity index (χ0) is 13.1. The summed E-state index contributed by atoms with van der Waals surface area (Å²) < 4.78 is 0.930. The summed E-state index contributed by atoms with van der Waals surface area (Å²) in [4.78, 5) is 14.4. The average Bonchev–Trinajstić information content (AvgIpc) is 2.38. The normalized spacial score (nSPS) is 17.2. The number of hydrogen-bond acceptors (Lipinski definition) is 1. The van der Waals surface area contributed by atoms with Crippen LogP contribution in [0.3, 0.4) is 0 Å². The van der Waals surface area contributed by atoms with Crippen LogP contribution in [0.2, 0.25) is 16.1 Å². The molecule has 1 aliphatic heterocycles. The molecule has 0 radical (unpaired) electrons. The molecule has 2 rings (SSSR count). The number of carbonyl (C=O) groups excluding carboxylic acids is 1. The van der Waals surface area contributed by atoms with Crippen LogP contribution in [0.25, 0.3) is 0 Å². The molecule has 0 aliphatic carbocycles. The van der Waals surface area contributed by atoms with Crippen LogP contribution in [0.15, 0.2) is 24.3 Å². The Labute approximate surface area is 115 Å². The summed E-state index contributed by atoms with van der Waals surface area (Å²) in [5, 5.41) is 0. The van der Waals surface area contributed by atoms with Crippen molar-refractivity contribution in [1.82, 2.24) is 4.90 Å². The van der Waals surface area contributed by atoms with E-state index < -0.39 is 14.7 Å².